The van der Waals surface area contributed by atoms with Gasteiger partial charge in [0.2, 0.25) is 7.37 Å². The smallest absolute Gasteiger partial charge is 0.340 e. The Morgan fingerprint density at radius 2 is 1.84 bits per heavy atom. The fourth-order valence-electron chi connectivity index (χ4n) is 3.17. The van der Waals surface area contributed by atoms with E-state index < -0.39 is 44.3 Å². The molecule has 2 atom stereocenters. The molecule has 0 spiro atoms. The first-order valence-corrected chi connectivity index (χ1v) is 12.6. The maximum absolute atomic E-state index is 13.2. The van der Waals surface area contributed by atoms with Crippen LogP contribution in [0.1, 0.15) is 48.9 Å². The number of carbonyl (C=O) groups excluding carboxylic acids is 3. The third kappa shape index (κ3) is 9.31. The summed E-state index contributed by atoms with van der Waals surface area (Å²) in [6, 6.07) is 7.79. The lowest BCUT2D eigenvalue weighted by molar-refractivity contribution is -0.159. The Labute approximate surface area is 182 Å². The van der Waals surface area contributed by atoms with Gasteiger partial charge in [-0.05, 0) is 50.9 Å². The van der Waals surface area contributed by atoms with Crippen molar-refractivity contribution in [2.75, 3.05) is 32.2 Å². The van der Waals surface area contributed by atoms with Crippen molar-refractivity contribution >= 4 is 25.3 Å². The second-order valence-electron chi connectivity index (χ2n) is 7.39. The monoisotopic (exact) mass is 454 g/mol. The molecule has 1 aliphatic rings. The molecular formula is C21H31N2O7P. The molecule has 0 amide bonds. The van der Waals surface area contributed by atoms with Gasteiger partial charge in [0.05, 0.1) is 5.56 Å². The molecule has 3 N–H and O–H groups in total. The zero-order valence-corrected chi connectivity index (χ0v) is 18.5. The zero-order valence-electron chi connectivity index (χ0n) is 17.6. The van der Waals surface area contributed by atoms with Crippen molar-refractivity contribution < 1.29 is 32.9 Å². The van der Waals surface area contributed by atoms with Gasteiger partial charge in [0.25, 0.3) is 0 Å². The van der Waals surface area contributed by atoms with Crippen molar-refractivity contribution in [2.45, 2.75) is 44.6 Å². The number of ether oxygens (including phenoxy) is 2. The van der Waals surface area contributed by atoms with E-state index >= 15 is 0 Å². The first-order chi connectivity index (χ1) is 14.9. The molecule has 9 nitrogen and oxygen atoms in total. The average Bonchev–Trinajstić information content (AvgIpc) is 3.29. The van der Waals surface area contributed by atoms with E-state index in [2.05, 4.69) is 5.32 Å². The van der Waals surface area contributed by atoms with Gasteiger partial charge < -0.3 is 20.5 Å². The normalized spacial score (nSPS) is 17.6. The largest absolute Gasteiger partial charge is 0.434 e. The Balaban J connectivity index is 1.88. The van der Waals surface area contributed by atoms with Gasteiger partial charge in [-0.15, -0.1) is 0 Å². The lowest BCUT2D eigenvalue weighted by Gasteiger charge is -2.18. The summed E-state index contributed by atoms with van der Waals surface area (Å²) in [5.41, 5.74) is 5.81. The molecule has 10 heteroatoms. The molecule has 2 rings (SSSR count). The van der Waals surface area contributed by atoms with E-state index in [1.165, 1.54) is 0 Å². The quantitative estimate of drug-likeness (QED) is 0.151. The topological polar surface area (TPSA) is 134 Å². The zero-order chi connectivity index (χ0) is 22.5. The van der Waals surface area contributed by atoms with Crippen molar-refractivity contribution in [2.24, 2.45) is 5.73 Å². The van der Waals surface area contributed by atoms with Crippen molar-refractivity contribution in [1.82, 2.24) is 5.32 Å². The predicted molar refractivity (Wildman–Crippen MR) is 115 cm³/mol. The van der Waals surface area contributed by atoms with Crippen LogP contribution >= 0.6 is 7.37 Å². The van der Waals surface area contributed by atoms with Crippen molar-refractivity contribution in [3.63, 3.8) is 0 Å². The van der Waals surface area contributed by atoms with Crippen molar-refractivity contribution in [3.8, 4) is 0 Å². The maximum Gasteiger partial charge on any atom is 0.340 e. The summed E-state index contributed by atoms with van der Waals surface area (Å²) in [7, 11) is -3.52. The van der Waals surface area contributed by atoms with Crippen LogP contribution in [-0.2, 0) is 28.2 Å². The first kappa shape index (κ1) is 25.2. The lowest BCUT2D eigenvalue weighted by atomic mass is 10.2. The fraction of sp³-hybridized carbons (Fsp3) is 0.571. The van der Waals surface area contributed by atoms with Crippen molar-refractivity contribution in [1.29, 1.82) is 0 Å². The van der Waals surface area contributed by atoms with Crippen LogP contribution in [0.15, 0.2) is 30.3 Å². The van der Waals surface area contributed by atoms with Gasteiger partial charge in [-0.3, -0.25) is 13.9 Å². The summed E-state index contributed by atoms with van der Waals surface area (Å²) in [6.07, 6.45) is 4.03. The Hall–Kier alpha value is -2.06. The summed E-state index contributed by atoms with van der Waals surface area (Å²) in [5.74, 6) is -2.20. The Bertz CT molecular complexity index is 766. The highest BCUT2D eigenvalue weighted by atomic mass is 31.2. The minimum Gasteiger partial charge on any atom is -0.434 e. The molecule has 1 heterocycles. The van der Waals surface area contributed by atoms with Gasteiger partial charge in [-0.1, -0.05) is 31.0 Å². The molecular weight excluding hydrogens is 423 g/mol. The van der Waals surface area contributed by atoms with Gasteiger partial charge >= 0.3 is 17.9 Å². The molecule has 0 aromatic heterocycles. The molecule has 0 bridgehead atoms. The van der Waals surface area contributed by atoms with Crippen LogP contribution in [0.2, 0.25) is 0 Å². The molecule has 31 heavy (non-hydrogen) atoms. The van der Waals surface area contributed by atoms with Gasteiger partial charge in [-0.25, -0.2) is 9.59 Å². The summed E-state index contributed by atoms with van der Waals surface area (Å²) < 4.78 is 28.5. The highest BCUT2D eigenvalue weighted by molar-refractivity contribution is 7.59. The summed E-state index contributed by atoms with van der Waals surface area (Å²) in [5, 5.41) is 2.95. The third-order valence-corrected chi connectivity index (χ3v) is 7.18. The molecule has 1 aromatic rings. The van der Waals surface area contributed by atoms with E-state index in [0.717, 1.165) is 25.7 Å². The Kier molecular flexibility index (Phi) is 10.9. The number of benzene rings is 1. The minimum absolute atomic E-state index is 0.116. The van der Waals surface area contributed by atoms with E-state index in [1.807, 2.05) is 0 Å². The number of nitrogens with two attached hydrogens (primary N) is 1. The van der Waals surface area contributed by atoms with Gasteiger partial charge in [-0.2, -0.15) is 0 Å². The number of carbonyl (C=O) groups is 3. The summed E-state index contributed by atoms with van der Waals surface area (Å²) in [4.78, 5) is 36.3. The molecule has 0 saturated carbocycles. The average molecular weight is 454 g/mol. The minimum atomic E-state index is -3.52. The Morgan fingerprint density at radius 3 is 2.52 bits per heavy atom. The molecule has 1 unspecified atom stereocenters. The van der Waals surface area contributed by atoms with Crippen LogP contribution in [0.25, 0.3) is 0 Å². The number of hydrogen-bond acceptors (Lipinski definition) is 9. The number of rotatable bonds is 13. The highest BCUT2D eigenvalue weighted by Crippen LogP contribution is 2.47. The first-order valence-electron chi connectivity index (χ1n) is 10.6. The van der Waals surface area contributed by atoms with Crippen LogP contribution < -0.4 is 11.1 Å². The van der Waals surface area contributed by atoms with Crippen LogP contribution in [0, 0.1) is 0 Å². The van der Waals surface area contributed by atoms with Crippen LogP contribution in [-0.4, -0.2) is 56.2 Å². The molecule has 1 fully saturated rings. The van der Waals surface area contributed by atoms with E-state index in [4.69, 9.17) is 19.7 Å². The van der Waals surface area contributed by atoms with Crippen molar-refractivity contribution in [3.05, 3.63) is 35.9 Å². The standard InChI is InChI=1S/C21H31N2O7P/c22-12-6-1-2-7-14-31(27,15-19(24)30-21(26)18-11-8-13-23-18)29-16-28-20(25)17-9-4-3-5-10-17/h3-5,9-10,18,23H,1-2,6-8,11-16,22H2/t18-,31?/m0/s1. The number of nitrogens with one attached hydrogen (secondary N) is 1. The summed E-state index contributed by atoms with van der Waals surface area (Å²) in [6.45, 7) is 0.706. The van der Waals surface area contributed by atoms with Crippen LogP contribution in [0.4, 0.5) is 0 Å². The van der Waals surface area contributed by atoms with Gasteiger partial charge in [0.15, 0.2) is 6.79 Å². The maximum atomic E-state index is 13.2. The molecule has 172 valence electrons. The Morgan fingerprint density at radius 1 is 1.10 bits per heavy atom. The molecule has 0 radical (unpaired) electrons. The van der Waals surface area contributed by atoms with E-state index in [0.29, 0.717) is 31.5 Å². The van der Waals surface area contributed by atoms with Crippen LogP contribution in [0.3, 0.4) is 0 Å². The lowest BCUT2D eigenvalue weighted by Crippen LogP contribution is -2.34. The molecule has 1 aliphatic heterocycles. The van der Waals surface area contributed by atoms with Gasteiger partial charge in [0.1, 0.15) is 12.2 Å². The predicted octanol–water partition coefficient (Wildman–Crippen LogP) is 2.44. The molecule has 0 aliphatic carbocycles. The number of hydrogen-bond donors (Lipinski definition) is 2. The molecule has 1 aromatic carbocycles. The fourth-order valence-corrected chi connectivity index (χ4v) is 4.96. The van der Waals surface area contributed by atoms with E-state index in [-0.39, 0.29) is 6.16 Å². The second-order valence-corrected chi connectivity index (χ2v) is 10.0. The van der Waals surface area contributed by atoms with Gasteiger partial charge in [0, 0.05) is 6.16 Å². The SMILES string of the molecule is NCCCCCCP(=O)(CC(=O)OC(=O)[C@@H]1CCCN1)OCOC(=O)c1ccccc1. The molecule has 1 saturated heterocycles. The second kappa shape index (κ2) is 13.4. The highest BCUT2D eigenvalue weighted by Gasteiger charge is 2.32. The summed E-state index contributed by atoms with van der Waals surface area (Å²) >= 11 is 0. The third-order valence-electron chi connectivity index (χ3n) is 4.87. The van der Waals surface area contributed by atoms with Crippen LogP contribution in [0.5, 0.6) is 0 Å². The van der Waals surface area contributed by atoms with E-state index in [9.17, 15) is 18.9 Å². The van der Waals surface area contributed by atoms with E-state index in [1.54, 1.807) is 30.3 Å². The number of unbranched alkanes of at least 4 members (excludes halogenated alkanes) is 3. The number of esters is 3.